The van der Waals surface area contributed by atoms with Crippen LogP contribution in [0.3, 0.4) is 0 Å². The van der Waals surface area contributed by atoms with Crippen molar-refractivity contribution in [2.45, 2.75) is 6.42 Å². The lowest BCUT2D eigenvalue weighted by Crippen LogP contribution is -2.31. The summed E-state index contributed by atoms with van der Waals surface area (Å²) >= 11 is 4.97. The molecule has 5 heteroatoms. The molecule has 106 valence electrons. The van der Waals surface area contributed by atoms with Crippen molar-refractivity contribution >= 4 is 33.8 Å². The number of nitrogens with zero attached hydrogens (tertiary/aromatic N) is 2. The van der Waals surface area contributed by atoms with E-state index in [1.54, 1.807) is 7.11 Å². The Morgan fingerprint density at radius 3 is 2.85 bits per heavy atom. The van der Waals surface area contributed by atoms with Gasteiger partial charge >= 0.3 is 0 Å². The predicted molar refractivity (Wildman–Crippen MR) is 87.2 cm³/mol. The van der Waals surface area contributed by atoms with Crippen LogP contribution in [0.5, 0.6) is 0 Å². The van der Waals surface area contributed by atoms with Crippen LogP contribution >= 0.6 is 12.2 Å². The number of benzene rings is 1. The molecule has 0 aliphatic heterocycles. The SMILES string of the molecule is COCCN(CCC(N)=S)c1nccc2ccccc12. The molecule has 2 aromatic rings. The molecular formula is C15H19N3OS. The highest BCUT2D eigenvalue weighted by Crippen LogP contribution is 2.24. The fraction of sp³-hybridized carbons (Fsp3) is 0.333. The first-order chi connectivity index (χ1) is 9.72. The first kappa shape index (κ1) is 14.7. The zero-order valence-corrected chi connectivity index (χ0v) is 12.4. The first-order valence-electron chi connectivity index (χ1n) is 6.58. The van der Waals surface area contributed by atoms with Gasteiger partial charge in [-0.15, -0.1) is 0 Å². The third-order valence-electron chi connectivity index (χ3n) is 3.15. The zero-order valence-electron chi connectivity index (χ0n) is 11.6. The van der Waals surface area contributed by atoms with Gasteiger partial charge in [0.25, 0.3) is 0 Å². The summed E-state index contributed by atoms with van der Waals surface area (Å²) in [4.78, 5) is 7.22. The van der Waals surface area contributed by atoms with E-state index >= 15 is 0 Å². The largest absolute Gasteiger partial charge is 0.393 e. The molecule has 0 saturated heterocycles. The summed E-state index contributed by atoms with van der Waals surface area (Å²) in [5.74, 6) is 0.955. The molecule has 0 spiro atoms. The molecule has 0 amide bonds. The Morgan fingerprint density at radius 2 is 2.10 bits per heavy atom. The van der Waals surface area contributed by atoms with Crippen LogP contribution in [0.25, 0.3) is 10.8 Å². The van der Waals surface area contributed by atoms with E-state index in [1.165, 1.54) is 5.39 Å². The summed E-state index contributed by atoms with van der Waals surface area (Å²) in [5.41, 5.74) is 5.61. The molecular weight excluding hydrogens is 270 g/mol. The number of anilines is 1. The number of rotatable bonds is 7. The maximum atomic E-state index is 5.61. The fourth-order valence-electron chi connectivity index (χ4n) is 2.13. The van der Waals surface area contributed by atoms with Gasteiger partial charge in [-0.2, -0.15) is 0 Å². The summed E-state index contributed by atoms with van der Waals surface area (Å²) in [5, 5.41) is 2.31. The van der Waals surface area contributed by atoms with E-state index in [9.17, 15) is 0 Å². The molecule has 1 aromatic heterocycles. The van der Waals surface area contributed by atoms with E-state index in [4.69, 9.17) is 22.7 Å². The van der Waals surface area contributed by atoms with E-state index in [0.717, 1.165) is 24.3 Å². The monoisotopic (exact) mass is 289 g/mol. The highest BCUT2D eigenvalue weighted by atomic mass is 32.1. The molecule has 0 aliphatic rings. The number of hydrogen-bond donors (Lipinski definition) is 1. The van der Waals surface area contributed by atoms with Crippen LogP contribution in [0.1, 0.15) is 6.42 Å². The van der Waals surface area contributed by atoms with Crippen molar-refractivity contribution in [3.05, 3.63) is 36.5 Å². The Morgan fingerprint density at radius 1 is 1.30 bits per heavy atom. The second-order valence-electron chi connectivity index (χ2n) is 4.55. The third-order valence-corrected chi connectivity index (χ3v) is 3.35. The van der Waals surface area contributed by atoms with Crippen molar-refractivity contribution in [1.29, 1.82) is 0 Å². The van der Waals surface area contributed by atoms with E-state index in [-0.39, 0.29) is 0 Å². The molecule has 1 aromatic carbocycles. The molecule has 1 heterocycles. The number of ether oxygens (including phenoxy) is 1. The number of methoxy groups -OCH3 is 1. The van der Waals surface area contributed by atoms with Gasteiger partial charge < -0.3 is 15.4 Å². The zero-order chi connectivity index (χ0) is 14.4. The lowest BCUT2D eigenvalue weighted by Gasteiger charge is -2.24. The van der Waals surface area contributed by atoms with Crippen LogP contribution in [0.15, 0.2) is 36.5 Å². The highest BCUT2D eigenvalue weighted by Gasteiger charge is 2.11. The highest BCUT2D eigenvalue weighted by molar-refractivity contribution is 7.80. The Kier molecular flexibility index (Phi) is 5.26. The molecule has 0 atom stereocenters. The van der Waals surface area contributed by atoms with Crippen LogP contribution in [0.4, 0.5) is 5.82 Å². The Bertz CT molecular complexity index is 583. The molecule has 0 aliphatic carbocycles. The molecule has 0 bridgehead atoms. The topological polar surface area (TPSA) is 51.4 Å². The standard InChI is InChI=1S/C15H19N3OS/c1-19-11-10-18(9-7-14(16)20)15-13-5-3-2-4-12(13)6-8-17-15/h2-6,8H,7,9-11H2,1H3,(H2,16,20). The molecule has 2 rings (SSSR count). The summed E-state index contributed by atoms with van der Waals surface area (Å²) < 4.78 is 5.18. The van der Waals surface area contributed by atoms with Crippen molar-refractivity contribution in [2.24, 2.45) is 5.73 Å². The van der Waals surface area contributed by atoms with Gasteiger partial charge in [0.2, 0.25) is 0 Å². The third kappa shape index (κ3) is 3.65. The molecule has 0 saturated carbocycles. The number of fused-ring (bicyclic) bond motifs is 1. The second-order valence-corrected chi connectivity index (χ2v) is 5.08. The van der Waals surface area contributed by atoms with Crippen molar-refractivity contribution in [2.75, 3.05) is 31.7 Å². The van der Waals surface area contributed by atoms with Gasteiger partial charge in [-0.3, -0.25) is 0 Å². The van der Waals surface area contributed by atoms with Gasteiger partial charge in [-0.25, -0.2) is 4.98 Å². The van der Waals surface area contributed by atoms with Gasteiger partial charge in [0.15, 0.2) is 0 Å². The summed E-state index contributed by atoms with van der Waals surface area (Å²) in [7, 11) is 1.70. The van der Waals surface area contributed by atoms with Crippen LogP contribution in [0.2, 0.25) is 0 Å². The van der Waals surface area contributed by atoms with Crippen molar-refractivity contribution < 1.29 is 4.74 Å². The van der Waals surface area contributed by atoms with E-state index in [1.807, 2.05) is 24.4 Å². The Labute approximate surface area is 124 Å². The number of pyridine rings is 1. The number of hydrogen-bond acceptors (Lipinski definition) is 4. The van der Waals surface area contributed by atoms with Gasteiger partial charge in [0.05, 0.1) is 11.6 Å². The van der Waals surface area contributed by atoms with Gasteiger partial charge in [0, 0.05) is 38.2 Å². The lowest BCUT2D eigenvalue weighted by atomic mass is 10.1. The smallest absolute Gasteiger partial charge is 0.136 e. The van der Waals surface area contributed by atoms with E-state index in [2.05, 4.69) is 22.0 Å². The average molecular weight is 289 g/mol. The maximum absolute atomic E-state index is 5.61. The van der Waals surface area contributed by atoms with E-state index < -0.39 is 0 Å². The molecule has 0 radical (unpaired) electrons. The maximum Gasteiger partial charge on any atom is 0.136 e. The summed E-state index contributed by atoms with van der Waals surface area (Å²) in [6, 6.07) is 10.2. The number of thiocarbonyl (C=S) groups is 1. The van der Waals surface area contributed by atoms with Gasteiger partial charge in [-0.05, 0) is 11.5 Å². The fourth-order valence-corrected chi connectivity index (χ4v) is 2.22. The molecule has 20 heavy (non-hydrogen) atoms. The quantitative estimate of drug-likeness (QED) is 0.793. The van der Waals surface area contributed by atoms with Crippen molar-refractivity contribution in [1.82, 2.24) is 4.98 Å². The van der Waals surface area contributed by atoms with E-state index in [0.29, 0.717) is 18.0 Å². The second kappa shape index (κ2) is 7.17. The Balaban J connectivity index is 2.31. The summed E-state index contributed by atoms with van der Waals surface area (Å²) in [6.45, 7) is 2.15. The molecule has 0 unspecified atom stereocenters. The van der Waals surface area contributed by atoms with Crippen LogP contribution < -0.4 is 10.6 Å². The van der Waals surface area contributed by atoms with Crippen molar-refractivity contribution in [3.63, 3.8) is 0 Å². The summed E-state index contributed by atoms with van der Waals surface area (Å²) in [6.07, 6.45) is 2.50. The molecule has 2 N–H and O–H groups in total. The van der Waals surface area contributed by atoms with Crippen LogP contribution in [-0.4, -0.2) is 36.8 Å². The molecule has 4 nitrogen and oxygen atoms in total. The van der Waals surface area contributed by atoms with Gasteiger partial charge in [-0.1, -0.05) is 36.5 Å². The predicted octanol–water partition coefficient (Wildman–Crippen LogP) is 2.36. The minimum atomic E-state index is 0.521. The first-order valence-corrected chi connectivity index (χ1v) is 6.99. The minimum absolute atomic E-state index is 0.521. The number of nitrogens with two attached hydrogens (primary N) is 1. The van der Waals surface area contributed by atoms with Crippen LogP contribution in [0, 0.1) is 0 Å². The Hall–Kier alpha value is -1.72. The lowest BCUT2D eigenvalue weighted by molar-refractivity contribution is 0.205. The average Bonchev–Trinajstić information content (AvgIpc) is 2.47. The van der Waals surface area contributed by atoms with Crippen molar-refractivity contribution in [3.8, 4) is 0 Å². The minimum Gasteiger partial charge on any atom is -0.393 e. The normalized spacial score (nSPS) is 10.7. The molecule has 0 fully saturated rings. The number of aromatic nitrogens is 1. The van der Waals surface area contributed by atoms with Gasteiger partial charge in [0.1, 0.15) is 5.82 Å². The van der Waals surface area contributed by atoms with Crippen LogP contribution in [-0.2, 0) is 4.74 Å².